The summed E-state index contributed by atoms with van der Waals surface area (Å²) in [5.74, 6) is -3.94. The number of cyclic esters (lactones) is 1. The van der Waals surface area contributed by atoms with E-state index in [1.165, 1.54) is 0 Å². The zero-order valence-electron chi connectivity index (χ0n) is 23.5. The Hall–Kier alpha value is -4.58. The molecule has 0 unspecified atom stereocenters. The molecule has 0 saturated heterocycles. The van der Waals surface area contributed by atoms with E-state index >= 15 is 0 Å². The highest BCUT2D eigenvalue weighted by molar-refractivity contribution is 5.89. The average Bonchev–Trinajstić information content (AvgIpc) is 3.32. The molecule has 3 atom stereocenters. The van der Waals surface area contributed by atoms with Crippen LogP contribution in [0.4, 0.5) is 0 Å². The molecule has 2 aromatic heterocycles. The number of hydrogen-bond donors (Lipinski definition) is 3. The van der Waals surface area contributed by atoms with Gasteiger partial charge in [0.15, 0.2) is 0 Å². The number of fused-ring (bicyclic) bond motifs is 5. The number of nitrogens with zero attached hydrogens (tertiary/aromatic N) is 2. The summed E-state index contributed by atoms with van der Waals surface area (Å²) in [6, 6.07) is 8.90. The first kappa shape index (κ1) is 28.9. The summed E-state index contributed by atoms with van der Waals surface area (Å²) in [4.78, 5) is 68.8. The minimum atomic E-state index is -1.92. The van der Waals surface area contributed by atoms with Crippen molar-refractivity contribution in [3.8, 4) is 11.4 Å². The van der Waals surface area contributed by atoms with Gasteiger partial charge in [-0.15, -0.1) is 0 Å². The molecule has 1 aromatic carbocycles. The van der Waals surface area contributed by atoms with Crippen LogP contribution in [0.2, 0.25) is 0 Å². The van der Waals surface area contributed by atoms with E-state index in [-0.39, 0.29) is 42.1 Å². The van der Waals surface area contributed by atoms with Crippen molar-refractivity contribution >= 4 is 34.7 Å². The number of ether oxygens (including phenoxy) is 2. The van der Waals surface area contributed by atoms with Crippen molar-refractivity contribution in [2.24, 2.45) is 11.7 Å². The molecular formula is C30H32N4O8. The van der Waals surface area contributed by atoms with E-state index in [1.54, 1.807) is 31.4 Å². The molecule has 12 heteroatoms. The van der Waals surface area contributed by atoms with E-state index < -0.39 is 47.9 Å². The maximum atomic E-state index is 13.6. The summed E-state index contributed by atoms with van der Waals surface area (Å²) in [6.45, 7) is 5.09. The highest BCUT2D eigenvalue weighted by Gasteiger charge is 2.50. The number of carbonyl (C=O) groups is 4. The number of para-hydroxylation sites is 1. The number of carboxylic acid groups (broad SMARTS) is 1. The molecule has 3 aromatic rings. The van der Waals surface area contributed by atoms with E-state index in [0.717, 1.165) is 16.5 Å². The number of amides is 1. The van der Waals surface area contributed by atoms with Crippen LogP contribution in [-0.4, -0.2) is 50.6 Å². The fourth-order valence-corrected chi connectivity index (χ4v) is 5.42. The molecule has 0 radical (unpaired) electrons. The van der Waals surface area contributed by atoms with Crippen LogP contribution in [-0.2, 0) is 47.4 Å². The number of hydrogen-bond acceptors (Lipinski definition) is 9. The van der Waals surface area contributed by atoms with Crippen LogP contribution in [0.25, 0.3) is 22.3 Å². The fourth-order valence-electron chi connectivity index (χ4n) is 5.42. The Morgan fingerprint density at radius 2 is 1.95 bits per heavy atom. The first-order chi connectivity index (χ1) is 20.0. The summed E-state index contributed by atoms with van der Waals surface area (Å²) >= 11 is 0. The minimum absolute atomic E-state index is 0.0339. The summed E-state index contributed by atoms with van der Waals surface area (Å²) in [5.41, 5.74) is 6.63. The van der Waals surface area contributed by atoms with Gasteiger partial charge >= 0.3 is 17.9 Å². The van der Waals surface area contributed by atoms with Crippen LogP contribution in [0, 0.1) is 5.92 Å². The zero-order chi connectivity index (χ0) is 30.3. The number of carbonyl (C=O) groups excluding carboxylic acids is 3. The number of rotatable bonds is 9. The smallest absolute Gasteiger partial charge is 0.355 e. The van der Waals surface area contributed by atoms with Crippen LogP contribution in [0.1, 0.15) is 56.7 Å². The van der Waals surface area contributed by atoms with Gasteiger partial charge in [0.05, 0.1) is 35.1 Å². The summed E-state index contributed by atoms with van der Waals surface area (Å²) in [6.07, 6.45) is -0.768. The number of pyridine rings is 2. The molecule has 5 rings (SSSR count). The Morgan fingerprint density at radius 1 is 1.21 bits per heavy atom. The molecule has 0 spiro atoms. The summed E-state index contributed by atoms with van der Waals surface area (Å²) < 4.78 is 12.7. The SMILES string of the molecule is CC[C@@]1(OC(=O)CC[C@H](NC(=O)[C@@H](N)C(C)C)C(=O)O)C(=O)OCc2c1cc1n(c2=O)Cc2cc3ccccc3nc2-1. The van der Waals surface area contributed by atoms with Gasteiger partial charge in [0.1, 0.15) is 12.6 Å². The molecule has 1 amide bonds. The lowest BCUT2D eigenvalue weighted by atomic mass is 9.85. The normalized spacial score (nSPS) is 18.5. The van der Waals surface area contributed by atoms with Crippen molar-refractivity contribution in [2.75, 3.05) is 0 Å². The van der Waals surface area contributed by atoms with Crippen LogP contribution in [0.3, 0.4) is 0 Å². The second kappa shape index (κ2) is 11.0. The molecule has 0 fully saturated rings. The largest absolute Gasteiger partial charge is 0.480 e. The van der Waals surface area contributed by atoms with Crippen LogP contribution in [0.5, 0.6) is 0 Å². The summed E-state index contributed by atoms with van der Waals surface area (Å²) in [5, 5.41) is 12.9. The van der Waals surface area contributed by atoms with Gasteiger partial charge in [0, 0.05) is 22.9 Å². The van der Waals surface area contributed by atoms with Gasteiger partial charge in [-0.2, -0.15) is 0 Å². The standard InChI is InChI=1S/C30H32N4O8/c1-4-30(42-23(35)10-9-21(28(38)39)33-26(36)24(31)15(2)3)19-12-22-25-17(11-16-7-5-6-8-20(16)32-25)13-34(22)27(37)18(19)14-41-29(30)40/h5-8,11-12,15,21,24H,4,9-10,13-14,31H2,1-3H3,(H,33,36)(H,38,39)/t21-,24-,30-/m0/s1. The van der Waals surface area contributed by atoms with Gasteiger partial charge in [-0.25, -0.2) is 14.6 Å². The molecule has 220 valence electrons. The van der Waals surface area contributed by atoms with Crippen LogP contribution in [0.15, 0.2) is 41.2 Å². The van der Waals surface area contributed by atoms with Gasteiger partial charge in [0.2, 0.25) is 11.5 Å². The first-order valence-corrected chi connectivity index (χ1v) is 13.8. The number of aliphatic carboxylic acids is 1. The van der Waals surface area contributed by atoms with Gasteiger partial charge in [0.25, 0.3) is 5.56 Å². The molecule has 42 heavy (non-hydrogen) atoms. The first-order valence-electron chi connectivity index (χ1n) is 13.8. The monoisotopic (exact) mass is 576 g/mol. The Balaban J connectivity index is 1.45. The fraction of sp³-hybridized carbons (Fsp3) is 0.400. The lowest BCUT2D eigenvalue weighted by Crippen LogP contribution is -2.50. The maximum Gasteiger partial charge on any atom is 0.355 e. The number of aromatic nitrogens is 2. The van der Waals surface area contributed by atoms with Crippen molar-refractivity contribution in [2.45, 2.75) is 70.9 Å². The third-order valence-electron chi connectivity index (χ3n) is 7.95. The molecule has 4 heterocycles. The molecule has 2 aliphatic rings. The number of nitrogens with one attached hydrogen (secondary N) is 1. The minimum Gasteiger partial charge on any atom is -0.480 e. The third-order valence-corrected chi connectivity index (χ3v) is 7.95. The number of nitrogens with two attached hydrogens (primary N) is 1. The molecule has 12 nitrogen and oxygen atoms in total. The van der Waals surface area contributed by atoms with Crippen molar-refractivity contribution in [3.63, 3.8) is 0 Å². The quantitative estimate of drug-likeness (QED) is 0.249. The highest BCUT2D eigenvalue weighted by Crippen LogP contribution is 2.41. The van der Waals surface area contributed by atoms with Gasteiger partial charge in [-0.1, -0.05) is 39.0 Å². The van der Waals surface area contributed by atoms with E-state index in [2.05, 4.69) is 5.32 Å². The second-order valence-electron chi connectivity index (χ2n) is 10.9. The molecule has 2 aliphatic heterocycles. The van der Waals surface area contributed by atoms with Crippen molar-refractivity contribution < 1.29 is 33.8 Å². The highest BCUT2D eigenvalue weighted by atomic mass is 16.6. The van der Waals surface area contributed by atoms with E-state index in [4.69, 9.17) is 20.2 Å². The van der Waals surface area contributed by atoms with Crippen LogP contribution >= 0.6 is 0 Å². The Morgan fingerprint density at radius 3 is 2.64 bits per heavy atom. The Bertz CT molecular complexity index is 1680. The average molecular weight is 577 g/mol. The predicted octanol–water partition coefficient (Wildman–Crippen LogP) is 1.96. The number of benzene rings is 1. The van der Waals surface area contributed by atoms with Gasteiger partial charge < -0.3 is 30.2 Å². The van der Waals surface area contributed by atoms with Crippen molar-refractivity contribution in [1.29, 1.82) is 0 Å². The second-order valence-corrected chi connectivity index (χ2v) is 10.9. The van der Waals surface area contributed by atoms with Crippen LogP contribution < -0.4 is 16.6 Å². The van der Waals surface area contributed by atoms with Gasteiger partial charge in [-0.05, 0) is 37.0 Å². The van der Waals surface area contributed by atoms with Gasteiger partial charge in [-0.3, -0.25) is 14.4 Å². The van der Waals surface area contributed by atoms with Crippen molar-refractivity contribution in [1.82, 2.24) is 14.9 Å². The lowest BCUT2D eigenvalue weighted by Gasteiger charge is -2.35. The van der Waals surface area contributed by atoms with E-state index in [1.807, 2.05) is 30.3 Å². The lowest BCUT2D eigenvalue weighted by molar-refractivity contribution is -0.189. The molecule has 0 saturated carbocycles. The molecule has 4 N–H and O–H groups in total. The molecular weight excluding hydrogens is 544 g/mol. The number of carboxylic acids is 1. The van der Waals surface area contributed by atoms with E-state index in [9.17, 15) is 29.1 Å². The maximum absolute atomic E-state index is 13.6. The zero-order valence-corrected chi connectivity index (χ0v) is 23.5. The predicted molar refractivity (Wildman–Crippen MR) is 150 cm³/mol. The molecule has 0 aliphatic carbocycles. The summed E-state index contributed by atoms with van der Waals surface area (Å²) in [7, 11) is 0. The topological polar surface area (TPSA) is 180 Å². The Kier molecular flexibility index (Phi) is 7.58. The third kappa shape index (κ3) is 4.91. The van der Waals surface area contributed by atoms with Crippen molar-refractivity contribution in [3.05, 3.63) is 63.4 Å². The number of esters is 2. The van der Waals surface area contributed by atoms with E-state index in [0.29, 0.717) is 17.9 Å². The Labute approximate surface area is 240 Å². The molecule has 0 bridgehead atoms.